The smallest absolute Gasteiger partial charge is 0.270 e. The van der Waals surface area contributed by atoms with E-state index in [0.29, 0.717) is 18.7 Å². The molecule has 1 fully saturated rings. The van der Waals surface area contributed by atoms with Crippen molar-refractivity contribution in [2.24, 2.45) is 0 Å². The molecule has 3 aromatic heterocycles. The zero-order valence-corrected chi connectivity index (χ0v) is 14.3. The number of hydrogen-bond acceptors (Lipinski definition) is 4. The number of aromatic nitrogens is 4. The molecule has 4 heterocycles. The summed E-state index contributed by atoms with van der Waals surface area (Å²) in [4.78, 5) is 31.9. The van der Waals surface area contributed by atoms with E-state index < -0.39 is 0 Å². The number of carbonyl (C=O) groups excluding carboxylic acids is 1. The van der Waals surface area contributed by atoms with Gasteiger partial charge in [0.15, 0.2) is 0 Å². The van der Waals surface area contributed by atoms with E-state index in [1.54, 1.807) is 18.3 Å². The van der Waals surface area contributed by atoms with Crippen molar-refractivity contribution in [3.05, 3.63) is 64.0 Å². The van der Waals surface area contributed by atoms with Gasteiger partial charge in [0.2, 0.25) is 0 Å². The summed E-state index contributed by atoms with van der Waals surface area (Å²) < 4.78 is 1.43. The molecule has 26 heavy (non-hydrogen) atoms. The molecule has 0 aromatic carbocycles. The summed E-state index contributed by atoms with van der Waals surface area (Å²) >= 11 is 0. The fraction of sp³-hybridized carbons (Fsp3) is 0.368. The number of nitrogens with one attached hydrogen (secondary N) is 1. The van der Waals surface area contributed by atoms with E-state index in [0.717, 1.165) is 25.7 Å². The highest BCUT2D eigenvalue weighted by Gasteiger charge is 2.44. The van der Waals surface area contributed by atoms with Crippen LogP contribution in [0.3, 0.4) is 0 Å². The van der Waals surface area contributed by atoms with Crippen molar-refractivity contribution in [1.82, 2.24) is 24.5 Å². The number of aromatic amines is 1. The summed E-state index contributed by atoms with van der Waals surface area (Å²) in [6.07, 6.45) is 8.94. The summed E-state index contributed by atoms with van der Waals surface area (Å²) in [7, 11) is 0. The highest BCUT2D eigenvalue weighted by molar-refractivity contribution is 5.94. The average Bonchev–Trinajstić information content (AvgIpc) is 3.27. The lowest BCUT2D eigenvalue weighted by molar-refractivity contribution is 0.0630. The maximum atomic E-state index is 13.1. The molecule has 1 saturated heterocycles. The third-order valence-corrected chi connectivity index (χ3v) is 5.83. The van der Waals surface area contributed by atoms with Crippen LogP contribution in [-0.4, -0.2) is 43.5 Å². The van der Waals surface area contributed by atoms with Gasteiger partial charge in [0.25, 0.3) is 11.5 Å². The minimum atomic E-state index is -0.311. The molecule has 1 N–H and O–H groups in total. The van der Waals surface area contributed by atoms with Crippen LogP contribution in [0.4, 0.5) is 0 Å². The maximum absolute atomic E-state index is 13.1. The summed E-state index contributed by atoms with van der Waals surface area (Å²) in [5, 5.41) is 7.32. The number of aryl methyl sites for hydroxylation is 1. The van der Waals surface area contributed by atoms with Gasteiger partial charge in [-0.15, -0.1) is 0 Å². The van der Waals surface area contributed by atoms with E-state index in [1.165, 1.54) is 21.9 Å². The fourth-order valence-electron chi connectivity index (χ4n) is 4.52. The Labute approximate surface area is 149 Å². The molecular formula is C19H19N5O2. The fourth-order valence-corrected chi connectivity index (χ4v) is 4.52. The first kappa shape index (κ1) is 15.3. The summed E-state index contributed by atoms with van der Waals surface area (Å²) in [6.45, 7) is 1.29. The quantitative estimate of drug-likeness (QED) is 0.722. The summed E-state index contributed by atoms with van der Waals surface area (Å²) in [6, 6.07) is 5.34. The topological polar surface area (TPSA) is 83.4 Å². The number of H-pyrrole nitrogens is 1. The van der Waals surface area contributed by atoms with Crippen molar-refractivity contribution in [3.8, 4) is 0 Å². The molecule has 7 heteroatoms. The van der Waals surface area contributed by atoms with E-state index >= 15 is 0 Å². The summed E-state index contributed by atoms with van der Waals surface area (Å²) in [5.41, 5.74) is 2.74. The number of nitrogens with zero attached hydrogens (tertiary/aromatic N) is 4. The molecule has 0 radical (unpaired) electrons. The van der Waals surface area contributed by atoms with Gasteiger partial charge in [0, 0.05) is 36.6 Å². The molecule has 1 aliphatic carbocycles. The number of pyridine rings is 1. The summed E-state index contributed by atoms with van der Waals surface area (Å²) in [5.74, 6) is -0.229. The van der Waals surface area contributed by atoms with Crippen LogP contribution in [0.1, 0.15) is 40.9 Å². The molecule has 1 spiro atoms. The average molecular weight is 349 g/mol. The minimum absolute atomic E-state index is 0.0553. The van der Waals surface area contributed by atoms with Gasteiger partial charge in [-0.3, -0.25) is 19.1 Å². The Morgan fingerprint density at radius 2 is 2.15 bits per heavy atom. The van der Waals surface area contributed by atoms with Gasteiger partial charge < -0.3 is 4.90 Å². The predicted molar refractivity (Wildman–Crippen MR) is 95.2 cm³/mol. The van der Waals surface area contributed by atoms with Gasteiger partial charge in [-0.2, -0.15) is 5.10 Å². The second kappa shape index (κ2) is 5.52. The van der Waals surface area contributed by atoms with Gasteiger partial charge >= 0.3 is 0 Å². The SMILES string of the molecule is O=C(c1cnc2ccccn2c1=O)N1CCCC2(CCc3cn[nH]c32)C1. The van der Waals surface area contributed by atoms with Crippen molar-refractivity contribution < 1.29 is 4.79 Å². The van der Waals surface area contributed by atoms with Crippen molar-refractivity contribution >= 4 is 11.6 Å². The lowest BCUT2D eigenvalue weighted by atomic mass is 9.77. The van der Waals surface area contributed by atoms with Crippen molar-refractivity contribution in [1.29, 1.82) is 0 Å². The van der Waals surface area contributed by atoms with E-state index in [2.05, 4.69) is 15.2 Å². The van der Waals surface area contributed by atoms with Crippen LogP contribution in [0.15, 0.2) is 41.6 Å². The van der Waals surface area contributed by atoms with E-state index in [9.17, 15) is 9.59 Å². The molecule has 1 atom stereocenters. The molecule has 2 aliphatic rings. The molecule has 0 bridgehead atoms. The Morgan fingerprint density at radius 1 is 1.23 bits per heavy atom. The first-order valence-corrected chi connectivity index (χ1v) is 8.96. The van der Waals surface area contributed by atoms with Crippen LogP contribution >= 0.6 is 0 Å². The van der Waals surface area contributed by atoms with Crippen molar-refractivity contribution in [2.45, 2.75) is 31.1 Å². The molecule has 5 rings (SSSR count). The molecule has 7 nitrogen and oxygen atoms in total. The third kappa shape index (κ3) is 2.13. The Kier molecular flexibility index (Phi) is 3.25. The van der Waals surface area contributed by atoms with Crippen LogP contribution in [0.5, 0.6) is 0 Å². The highest BCUT2D eigenvalue weighted by atomic mass is 16.2. The number of carbonyl (C=O) groups is 1. The minimum Gasteiger partial charge on any atom is -0.337 e. The normalized spacial score (nSPS) is 22.1. The first-order valence-electron chi connectivity index (χ1n) is 8.96. The number of amides is 1. The standard InChI is InChI=1S/C19H19N5O2/c25-17(14-11-20-15-4-1-2-9-24(15)18(14)26)23-8-3-6-19(12-23)7-5-13-10-21-22-16(13)19/h1-2,4,9-11H,3,5-8,12H2,(H,21,22). The lowest BCUT2D eigenvalue weighted by Crippen LogP contribution is -2.49. The van der Waals surface area contributed by atoms with E-state index in [4.69, 9.17) is 0 Å². The molecule has 0 saturated carbocycles. The number of piperidine rings is 1. The molecule has 132 valence electrons. The van der Waals surface area contributed by atoms with Crippen LogP contribution in [0, 0.1) is 0 Å². The zero-order valence-electron chi connectivity index (χ0n) is 14.3. The van der Waals surface area contributed by atoms with E-state index in [-0.39, 0.29) is 22.4 Å². The molecule has 1 unspecified atom stereocenters. The second-order valence-corrected chi connectivity index (χ2v) is 7.29. The highest BCUT2D eigenvalue weighted by Crippen LogP contribution is 2.43. The van der Waals surface area contributed by atoms with Crippen molar-refractivity contribution in [3.63, 3.8) is 0 Å². The maximum Gasteiger partial charge on any atom is 0.270 e. The molecular weight excluding hydrogens is 330 g/mol. The Balaban J connectivity index is 1.50. The lowest BCUT2D eigenvalue weighted by Gasteiger charge is -2.40. The second-order valence-electron chi connectivity index (χ2n) is 7.29. The molecule has 1 aliphatic heterocycles. The van der Waals surface area contributed by atoms with Crippen LogP contribution in [0.25, 0.3) is 5.65 Å². The number of hydrogen-bond donors (Lipinski definition) is 1. The number of fused-ring (bicyclic) bond motifs is 3. The first-order chi connectivity index (χ1) is 12.7. The van der Waals surface area contributed by atoms with Gasteiger partial charge in [0.1, 0.15) is 11.2 Å². The monoisotopic (exact) mass is 349 g/mol. The van der Waals surface area contributed by atoms with Crippen LogP contribution in [-0.2, 0) is 11.8 Å². The zero-order chi connectivity index (χ0) is 17.7. The van der Waals surface area contributed by atoms with Crippen LogP contribution < -0.4 is 5.56 Å². The van der Waals surface area contributed by atoms with Crippen LogP contribution in [0.2, 0.25) is 0 Å². The molecule has 1 amide bonds. The predicted octanol–water partition coefficient (Wildman–Crippen LogP) is 1.54. The molecule has 3 aromatic rings. The number of likely N-dealkylation sites (tertiary alicyclic amines) is 1. The third-order valence-electron chi connectivity index (χ3n) is 5.83. The van der Waals surface area contributed by atoms with Crippen molar-refractivity contribution in [2.75, 3.05) is 13.1 Å². The van der Waals surface area contributed by atoms with Gasteiger partial charge in [-0.1, -0.05) is 6.07 Å². The van der Waals surface area contributed by atoms with Gasteiger partial charge in [-0.05, 0) is 43.4 Å². The number of rotatable bonds is 1. The Bertz CT molecular complexity index is 1070. The van der Waals surface area contributed by atoms with Gasteiger partial charge in [-0.25, -0.2) is 4.98 Å². The Hall–Kier alpha value is -2.96. The van der Waals surface area contributed by atoms with Gasteiger partial charge in [0.05, 0.1) is 6.20 Å². The van der Waals surface area contributed by atoms with E-state index in [1.807, 2.05) is 17.2 Å². The Morgan fingerprint density at radius 3 is 3.08 bits per heavy atom. The largest absolute Gasteiger partial charge is 0.337 e.